The van der Waals surface area contributed by atoms with Crippen LogP contribution in [0.2, 0.25) is 0 Å². The molecule has 0 saturated heterocycles. The number of nitrogens with one attached hydrogen (secondary N) is 1. The lowest BCUT2D eigenvalue weighted by Gasteiger charge is -2.32. The fraction of sp³-hybridized carbons (Fsp3) is 0.250. The Morgan fingerprint density at radius 3 is 2.63 bits per heavy atom. The number of hydrogen-bond acceptors (Lipinski definition) is 4. The zero-order chi connectivity index (χ0) is 21.1. The SMILES string of the molecule is CC(C)(C)C(Cn1ccnc1)NC(=O)c1cc(-c2cccnc2)nc2ccccc12. The number of carbonyl (C=O) groups excluding carboxylic acids is 1. The van der Waals surface area contributed by atoms with E-state index in [-0.39, 0.29) is 17.4 Å². The molecule has 6 nitrogen and oxygen atoms in total. The highest BCUT2D eigenvalue weighted by Crippen LogP contribution is 2.26. The van der Waals surface area contributed by atoms with E-state index in [9.17, 15) is 4.79 Å². The van der Waals surface area contributed by atoms with Gasteiger partial charge in [-0.3, -0.25) is 9.78 Å². The van der Waals surface area contributed by atoms with E-state index < -0.39 is 0 Å². The second kappa shape index (κ2) is 8.06. The minimum atomic E-state index is -0.130. The minimum Gasteiger partial charge on any atom is -0.347 e. The standard InChI is InChI=1S/C24H25N5O/c1-24(2,3)22(15-29-12-11-26-16-29)28-23(30)19-13-21(17-7-6-10-25-14-17)27-20-9-5-4-8-18(19)20/h4-14,16,22H,15H2,1-3H3,(H,28,30). The fourth-order valence-corrected chi connectivity index (χ4v) is 3.40. The van der Waals surface area contributed by atoms with Gasteiger partial charge >= 0.3 is 0 Å². The molecule has 1 unspecified atom stereocenters. The lowest BCUT2D eigenvalue weighted by atomic mass is 9.86. The van der Waals surface area contributed by atoms with Gasteiger partial charge in [0.2, 0.25) is 0 Å². The second-order valence-corrected chi connectivity index (χ2v) is 8.47. The molecule has 4 aromatic rings. The predicted octanol–water partition coefficient (Wildman–Crippen LogP) is 4.34. The summed E-state index contributed by atoms with van der Waals surface area (Å²) in [6, 6.07) is 13.3. The first-order valence-electron chi connectivity index (χ1n) is 9.98. The number of rotatable bonds is 5. The lowest BCUT2D eigenvalue weighted by Crippen LogP contribution is -2.46. The Labute approximate surface area is 176 Å². The molecular formula is C24H25N5O. The Balaban J connectivity index is 1.72. The van der Waals surface area contributed by atoms with Gasteiger partial charge in [0.25, 0.3) is 5.91 Å². The van der Waals surface area contributed by atoms with Crippen molar-refractivity contribution in [2.75, 3.05) is 0 Å². The molecular weight excluding hydrogens is 374 g/mol. The summed E-state index contributed by atoms with van der Waals surface area (Å²) in [6.07, 6.45) is 8.91. The van der Waals surface area contributed by atoms with Crippen LogP contribution < -0.4 is 5.32 Å². The molecule has 0 spiro atoms. The van der Waals surface area contributed by atoms with Crippen molar-refractivity contribution < 1.29 is 4.79 Å². The average molecular weight is 399 g/mol. The Bertz CT molecular complexity index is 1150. The normalized spacial score (nSPS) is 12.6. The zero-order valence-corrected chi connectivity index (χ0v) is 17.4. The van der Waals surface area contributed by atoms with Gasteiger partial charge in [-0.15, -0.1) is 0 Å². The summed E-state index contributed by atoms with van der Waals surface area (Å²) < 4.78 is 1.99. The third kappa shape index (κ3) is 4.22. The van der Waals surface area contributed by atoms with Gasteiger partial charge in [-0.25, -0.2) is 9.97 Å². The van der Waals surface area contributed by atoms with E-state index in [0.717, 1.165) is 22.2 Å². The molecule has 3 aromatic heterocycles. The Morgan fingerprint density at radius 2 is 1.93 bits per heavy atom. The summed E-state index contributed by atoms with van der Waals surface area (Å²) in [6.45, 7) is 7.02. The molecule has 0 saturated carbocycles. The van der Waals surface area contributed by atoms with Crippen LogP contribution >= 0.6 is 0 Å². The highest BCUT2D eigenvalue weighted by atomic mass is 16.1. The van der Waals surface area contributed by atoms with E-state index >= 15 is 0 Å². The van der Waals surface area contributed by atoms with E-state index in [4.69, 9.17) is 4.98 Å². The first-order chi connectivity index (χ1) is 14.4. The zero-order valence-electron chi connectivity index (χ0n) is 17.4. The van der Waals surface area contributed by atoms with Crippen molar-refractivity contribution >= 4 is 16.8 Å². The minimum absolute atomic E-state index is 0.0760. The molecule has 152 valence electrons. The van der Waals surface area contributed by atoms with Crippen LogP contribution in [0.4, 0.5) is 0 Å². The van der Waals surface area contributed by atoms with Gasteiger partial charge < -0.3 is 9.88 Å². The number of fused-ring (bicyclic) bond motifs is 1. The van der Waals surface area contributed by atoms with E-state index in [0.29, 0.717) is 12.1 Å². The molecule has 1 N–H and O–H groups in total. The van der Waals surface area contributed by atoms with Crippen molar-refractivity contribution in [3.63, 3.8) is 0 Å². The lowest BCUT2D eigenvalue weighted by molar-refractivity contribution is 0.0894. The van der Waals surface area contributed by atoms with Crippen LogP contribution in [-0.2, 0) is 6.54 Å². The highest BCUT2D eigenvalue weighted by molar-refractivity contribution is 6.07. The molecule has 0 bridgehead atoms. The number of benzene rings is 1. The van der Waals surface area contributed by atoms with Crippen molar-refractivity contribution in [3.05, 3.63) is 79.1 Å². The summed E-state index contributed by atoms with van der Waals surface area (Å²) in [5.41, 5.74) is 2.87. The summed E-state index contributed by atoms with van der Waals surface area (Å²) in [5.74, 6) is -0.112. The Hall–Kier alpha value is -3.54. The number of pyridine rings is 2. The molecule has 0 aliphatic heterocycles. The summed E-state index contributed by atoms with van der Waals surface area (Å²) >= 11 is 0. The van der Waals surface area contributed by atoms with Crippen LogP contribution in [0.15, 0.2) is 73.6 Å². The van der Waals surface area contributed by atoms with Crippen LogP contribution in [-0.4, -0.2) is 31.5 Å². The van der Waals surface area contributed by atoms with Crippen LogP contribution in [0.25, 0.3) is 22.2 Å². The van der Waals surface area contributed by atoms with Gasteiger partial charge in [0.1, 0.15) is 0 Å². The molecule has 6 heteroatoms. The molecule has 1 atom stereocenters. The maximum absolute atomic E-state index is 13.4. The number of amides is 1. The number of para-hydroxylation sites is 1. The quantitative estimate of drug-likeness (QED) is 0.542. The number of aromatic nitrogens is 4. The molecule has 4 rings (SSSR count). The van der Waals surface area contributed by atoms with Crippen LogP contribution in [0.3, 0.4) is 0 Å². The topological polar surface area (TPSA) is 72.7 Å². The van der Waals surface area contributed by atoms with E-state index in [1.54, 1.807) is 24.9 Å². The summed E-state index contributed by atoms with van der Waals surface area (Å²) in [7, 11) is 0. The number of nitrogens with zero attached hydrogens (tertiary/aromatic N) is 4. The Kier molecular flexibility index (Phi) is 5.31. The number of imidazole rings is 1. The molecule has 0 radical (unpaired) electrons. The maximum atomic E-state index is 13.4. The van der Waals surface area contributed by atoms with Gasteiger partial charge in [0.05, 0.1) is 29.1 Å². The largest absolute Gasteiger partial charge is 0.347 e. The van der Waals surface area contributed by atoms with E-state index in [2.05, 4.69) is 36.1 Å². The first-order valence-corrected chi connectivity index (χ1v) is 9.98. The fourth-order valence-electron chi connectivity index (χ4n) is 3.40. The van der Waals surface area contributed by atoms with Gasteiger partial charge in [0.15, 0.2) is 0 Å². The third-order valence-electron chi connectivity index (χ3n) is 5.22. The van der Waals surface area contributed by atoms with Crippen molar-refractivity contribution in [1.82, 2.24) is 24.8 Å². The maximum Gasteiger partial charge on any atom is 0.252 e. The summed E-state index contributed by atoms with van der Waals surface area (Å²) in [4.78, 5) is 26.5. The molecule has 30 heavy (non-hydrogen) atoms. The van der Waals surface area contributed by atoms with Gasteiger partial charge in [-0.05, 0) is 29.7 Å². The number of carbonyl (C=O) groups is 1. The van der Waals surface area contributed by atoms with E-state index in [1.165, 1.54) is 0 Å². The van der Waals surface area contributed by atoms with Crippen molar-refractivity contribution in [2.45, 2.75) is 33.4 Å². The molecule has 3 heterocycles. The molecule has 1 aromatic carbocycles. The molecule has 0 aliphatic rings. The monoisotopic (exact) mass is 399 g/mol. The second-order valence-electron chi connectivity index (χ2n) is 8.47. The van der Waals surface area contributed by atoms with Crippen molar-refractivity contribution in [1.29, 1.82) is 0 Å². The van der Waals surface area contributed by atoms with Crippen LogP contribution in [0.1, 0.15) is 31.1 Å². The van der Waals surface area contributed by atoms with Crippen molar-refractivity contribution in [3.8, 4) is 11.3 Å². The first kappa shape index (κ1) is 19.8. The van der Waals surface area contributed by atoms with Gasteiger partial charge in [-0.1, -0.05) is 39.0 Å². The molecule has 0 fully saturated rings. The highest BCUT2D eigenvalue weighted by Gasteiger charge is 2.28. The number of hydrogen-bond donors (Lipinski definition) is 1. The van der Waals surface area contributed by atoms with Gasteiger partial charge in [-0.2, -0.15) is 0 Å². The smallest absolute Gasteiger partial charge is 0.252 e. The Morgan fingerprint density at radius 1 is 1.10 bits per heavy atom. The van der Waals surface area contributed by atoms with Crippen molar-refractivity contribution in [2.24, 2.45) is 5.41 Å². The van der Waals surface area contributed by atoms with Gasteiger partial charge in [0, 0.05) is 42.3 Å². The average Bonchev–Trinajstić information content (AvgIpc) is 3.25. The summed E-state index contributed by atoms with van der Waals surface area (Å²) in [5, 5.41) is 4.08. The van der Waals surface area contributed by atoms with Crippen LogP contribution in [0, 0.1) is 5.41 Å². The molecule has 0 aliphatic carbocycles. The third-order valence-corrected chi connectivity index (χ3v) is 5.22. The predicted molar refractivity (Wildman–Crippen MR) is 118 cm³/mol. The van der Waals surface area contributed by atoms with E-state index in [1.807, 2.05) is 53.2 Å². The molecule has 1 amide bonds. The van der Waals surface area contributed by atoms with Crippen LogP contribution in [0.5, 0.6) is 0 Å².